The van der Waals surface area contributed by atoms with E-state index in [1.54, 1.807) is 12.1 Å². The molecule has 0 saturated carbocycles. The lowest BCUT2D eigenvalue weighted by Gasteiger charge is -2.14. The Kier molecular flexibility index (Phi) is 7.44. The lowest BCUT2D eigenvalue weighted by molar-refractivity contribution is 0.269. The summed E-state index contributed by atoms with van der Waals surface area (Å²) in [5, 5.41) is 4.46. The average Bonchev–Trinajstić information content (AvgIpc) is 2.56. The van der Waals surface area contributed by atoms with Gasteiger partial charge in [0, 0.05) is 28.7 Å². The maximum atomic E-state index is 6.18. The van der Waals surface area contributed by atoms with Crippen LogP contribution >= 0.6 is 23.2 Å². The molecule has 0 radical (unpaired) electrons. The molecule has 0 aliphatic rings. The number of halogens is 2. The molecule has 2 aromatic rings. The Bertz CT molecular complexity index is 689. The predicted molar refractivity (Wildman–Crippen MR) is 100 cm³/mol. The van der Waals surface area contributed by atoms with Gasteiger partial charge in [0.25, 0.3) is 0 Å². The van der Waals surface area contributed by atoms with Crippen LogP contribution in [0.1, 0.15) is 18.1 Å². The summed E-state index contributed by atoms with van der Waals surface area (Å²) in [6, 6.07) is 11.3. The third-order valence-corrected chi connectivity index (χ3v) is 3.91. The molecule has 0 fully saturated rings. The van der Waals surface area contributed by atoms with Crippen molar-refractivity contribution in [2.24, 2.45) is 0 Å². The van der Waals surface area contributed by atoms with E-state index in [9.17, 15) is 0 Å². The van der Waals surface area contributed by atoms with Crippen molar-refractivity contribution in [3.8, 4) is 11.5 Å². The second-order valence-electron chi connectivity index (χ2n) is 5.16. The summed E-state index contributed by atoms with van der Waals surface area (Å²) in [6.45, 7) is 8.07. The molecule has 3 nitrogen and oxygen atoms in total. The van der Waals surface area contributed by atoms with Crippen LogP contribution < -0.4 is 14.8 Å². The Morgan fingerprint density at radius 1 is 1.08 bits per heavy atom. The van der Waals surface area contributed by atoms with Gasteiger partial charge in [0.15, 0.2) is 11.5 Å². The fourth-order valence-corrected chi connectivity index (χ4v) is 2.63. The highest BCUT2D eigenvalue weighted by Crippen LogP contribution is 2.30. The number of rotatable bonds is 9. The third kappa shape index (κ3) is 5.45. The van der Waals surface area contributed by atoms with E-state index in [4.69, 9.17) is 32.7 Å². The van der Waals surface area contributed by atoms with Crippen molar-refractivity contribution in [3.05, 3.63) is 70.2 Å². The van der Waals surface area contributed by atoms with Crippen LogP contribution in [-0.2, 0) is 13.2 Å². The first kappa shape index (κ1) is 18.7. The van der Waals surface area contributed by atoms with E-state index in [1.807, 2.05) is 37.3 Å². The van der Waals surface area contributed by atoms with E-state index >= 15 is 0 Å². The molecule has 0 unspecified atom stereocenters. The zero-order chi connectivity index (χ0) is 17.4. The zero-order valence-corrected chi connectivity index (χ0v) is 15.2. The molecule has 0 atom stereocenters. The first-order chi connectivity index (χ1) is 11.6. The lowest BCUT2D eigenvalue weighted by Crippen LogP contribution is -2.12. The van der Waals surface area contributed by atoms with E-state index < -0.39 is 0 Å². The van der Waals surface area contributed by atoms with Crippen molar-refractivity contribution in [2.45, 2.75) is 20.1 Å². The molecule has 24 heavy (non-hydrogen) atoms. The number of benzene rings is 2. The third-order valence-electron chi connectivity index (χ3n) is 3.32. The normalized spacial score (nSPS) is 10.5. The minimum absolute atomic E-state index is 0.351. The summed E-state index contributed by atoms with van der Waals surface area (Å²) in [5.74, 6) is 1.41. The van der Waals surface area contributed by atoms with Gasteiger partial charge >= 0.3 is 0 Å². The van der Waals surface area contributed by atoms with E-state index in [2.05, 4.69) is 11.9 Å². The van der Waals surface area contributed by atoms with E-state index in [-0.39, 0.29) is 0 Å². The zero-order valence-electron chi connectivity index (χ0n) is 13.6. The van der Waals surface area contributed by atoms with E-state index in [1.165, 1.54) is 0 Å². The van der Waals surface area contributed by atoms with Gasteiger partial charge in [-0.1, -0.05) is 41.4 Å². The van der Waals surface area contributed by atoms with E-state index in [0.29, 0.717) is 29.0 Å². The van der Waals surface area contributed by atoms with Crippen LogP contribution in [0, 0.1) is 0 Å². The van der Waals surface area contributed by atoms with Gasteiger partial charge in [-0.25, -0.2) is 0 Å². The van der Waals surface area contributed by atoms with Crippen LogP contribution in [0.15, 0.2) is 49.1 Å². The van der Waals surface area contributed by atoms with Gasteiger partial charge < -0.3 is 14.8 Å². The molecule has 1 N–H and O–H groups in total. The standard InChI is InChI=1S/C19H21Cl2NO2/c1-3-9-22-12-14-5-8-18(19(10-14)23-4-2)24-13-15-6-7-16(20)11-17(15)21/h3,5-8,10-11,22H,1,4,9,12-13H2,2H3. The highest BCUT2D eigenvalue weighted by molar-refractivity contribution is 6.35. The molecule has 2 aromatic carbocycles. The molecule has 2 rings (SSSR count). The van der Waals surface area contributed by atoms with Crippen molar-refractivity contribution >= 4 is 23.2 Å². The second kappa shape index (κ2) is 9.58. The monoisotopic (exact) mass is 365 g/mol. The molecule has 0 amide bonds. The summed E-state index contributed by atoms with van der Waals surface area (Å²) in [4.78, 5) is 0. The first-order valence-corrected chi connectivity index (χ1v) is 8.53. The van der Waals surface area contributed by atoms with Crippen LogP contribution in [0.5, 0.6) is 11.5 Å². The maximum Gasteiger partial charge on any atom is 0.161 e. The molecule has 0 spiro atoms. The fourth-order valence-electron chi connectivity index (χ4n) is 2.16. The van der Waals surface area contributed by atoms with Crippen LogP contribution in [0.4, 0.5) is 0 Å². The van der Waals surface area contributed by atoms with Crippen molar-refractivity contribution in [2.75, 3.05) is 13.2 Å². The molecule has 5 heteroatoms. The Balaban J connectivity index is 2.08. The van der Waals surface area contributed by atoms with Gasteiger partial charge in [0.2, 0.25) is 0 Å². The Hall–Kier alpha value is -1.68. The molecule has 0 aromatic heterocycles. The number of ether oxygens (including phenoxy) is 2. The van der Waals surface area contributed by atoms with E-state index in [0.717, 1.165) is 30.0 Å². The topological polar surface area (TPSA) is 30.5 Å². The Morgan fingerprint density at radius 2 is 1.92 bits per heavy atom. The quantitative estimate of drug-likeness (QED) is 0.486. The van der Waals surface area contributed by atoms with Crippen molar-refractivity contribution < 1.29 is 9.47 Å². The van der Waals surface area contributed by atoms with Crippen molar-refractivity contribution in [1.82, 2.24) is 5.32 Å². The van der Waals surface area contributed by atoms with Gasteiger partial charge in [0.1, 0.15) is 6.61 Å². The summed E-state index contributed by atoms with van der Waals surface area (Å²) >= 11 is 12.1. The van der Waals surface area contributed by atoms with Crippen molar-refractivity contribution in [3.63, 3.8) is 0 Å². The minimum Gasteiger partial charge on any atom is -0.490 e. The summed E-state index contributed by atoms with van der Waals surface area (Å²) in [5.41, 5.74) is 2.00. The van der Waals surface area contributed by atoms with Gasteiger partial charge in [0.05, 0.1) is 6.61 Å². The average molecular weight is 366 g/mol. The molecular formula is C19H21Cl2NO2. The maximum absolute atomic E-state index is 6.18. The molecule has 0 saturated heterocycles. The van der Waals surface area contributed by atoms with Crippen LogP contribution in [0.3, 0.4) is 0 Å². The smallest absolute Gasteiger partial charge is 0.161 e. The Labute approximate surface area is 153 Å². The number of hydrogen-bond donors (Lipinski definition) is 1. The number of nitrogens with one attached hydrogen (secondary N) is 1. The minimum atomic E-state index is 0.351. The lowest BCUT2D eigenvalue weighted by atomic mass is 10.2. The van der Waals surface area contributed by atoms with Gasteiger partial charge in [-0.05, 0) is 36.8 Å². The molecule has 0 aliphatic heterocycles. The second-order valence-corrected chi connectivity index (χ2v) is 6.00. The molecule has 0 heterocycles. The molecule has 0 aliphatic carbocycles. The first-order valence-electron chi connectivity index (χ1n) is 7.78. The largest absolute Gasteiger partial charge is 0.490 e. The molecule has 0 bridgehead atoms. The Morgan fingerprint density at radius 3 is 2.62 bits per heavy atom. The van der Waals surface area contributed by atoms with Crippen LogP contribution in [-0.4, -0.2) is 13.2 Å². The van der Waals surface area contributed by atoms with Crippen LogP contribution in [0.25, 0.3) is 0 Å². The van der Waals surface area contributed by atoms with Crippen molar-refractivity contribution in [1.29, 1.82) is 0 Å². The summed E-state index contributed by atoms with van der Waals surface area (Å²) in [6.07, 6.45) is 1.83. The summed E-state index contributed by atoms with van der Waals surface area (Å²) < 4.78 is 11.6. The molecular weight excluding hydrogens is 345 g/mol. The van der Waals surface area contributed by atoms with Crippen LogP contribution in [0.2, 0.25) is 10.0 Å². The van der Waals surface area contributed by atoms with Gasteiger partial charge in [-0.2, -0.15) is 0 Å². The summed E-state index contributed by atoms with van der Waals surface area (Å²) in [7, 11) is 0. The molecule has 128 valence electrons. The van der Waals surface area contributed by atoms with Gasteiger partial charge in [-0.3, -0.25) is 0 Å². The number of hydrogen-bond acceptors (Lipinski definition) is 3. The predicted octanol–water partition coefficient (Wildman–Crippen LogP) is 5.25. The SMILES string of the molecule is C=CCNCc1ccc(OCc2ccc(Cl)cc2Cl)c(OCC)c1. The highest BCUT2D eigenvalue weighted by Gasteiger charge is 2.08. The van der Waals surface area contributed by atoms with Gasteiger partial charge in [-0.15, -0.1) is 6.58 Å². The highest BCUT2D eigenvalue weighted by atomic mass is 35.5. The fraction of sp³-hybridized carbons (Fsp3) is 0.263.